The zero-order valence-electron chi connectivity index (χ0n) is 9.44. The normalized spacial score (nSPS) is 12.1. The van der Waals surface area contributed by atoms with E-state index in [0.29, 0.717) is 12.1 Å². The molecule has 0 saturated carbocycles. The summed E-state index contributed by atoms with van der Waals surface area (Å²) in [6.45, 7) is 2.54. The molecule has 1 aromatic carbocycles. The maximum Gasteiger partial charge on any atom is 0.251 e. The zero-order valence-corrected chi connectivity index (χ0v) is 9.44. The van der Waals surface area contributed by atoms with Crippen LogP contribution in [0.4, 0.5) is 0 Å². The molecule has 1 amide bonds. The molecule has 0 aromatic heterocycles. The predicted molar refractivity (Wildman–Crippen MR) is 63.3 cm³/mol. The summed E-state index contributed by atoms with van der Waals surface area (Å²) in [5, 5.41) is 11.8. The van der Waals surface area contributed by atoms with Gasteiger partial charge in [-0.25, -0.2) is 0 Å². The average molecular weight is 222 g/mol. The van der Waals surface area contributed by atoms with E-state index in [9.17, 15) is 4.79 Å². The molecule has 0 radical (unpaired) electrons. The topological polar surface area (TPSA) is 75.3 Å². The largest absolute Gasteiger partial charge is 0.508 e. The quantitative estimate of drug-likeness (QED) is 0.701. The second-order valence-electron chi connectivity index (χ2n) is 3.81. The average Bonchev–Trinajstić information content (AvgIpc) is 2.27. The van der Waals surface area contributed by atoms with Crippen LogP contribution < -0.4 is 11.1 Å². The van der Waals surface area contributed by atoms with Crippen LogP contribution in [0.2, 0.25) is 0 Å². The molecule has 0 fully saturated rings. The molecule has 0 spiro atoms. The summed E-state index contributed by atoms with van der Waals surface area (Å²) in [5.41, 5.74) is 6.31. The summed E-state index contributed by atoms with van der Waals surface area (Å²) in [6.07, 6.45) is 1.91. The number of hydrogen-bond donors (Lipinski definition) is 3. The zero-order chi connectivity index (χ0) is 12.0. The highest BCUT2D eigenvalue weighted by Crippen LogP contribution is 2.09. The van der Waals surface area contributed by atoms with Gasteiger partial charge in [-0.05, 0) is 30.7 Å². The van der Waals surface area contributed by atoms with E-state index in [2.05, 4.69) is 12.2 Å². The number of rotatable bonds is 5. The van der Waals surface area contributed by atoms with Crippen molar-refractivity contribution in [2.45, 2.75) is 25.8 Å². The van der Waals surface area contributed by atoms with E-state index >= 15 is 0 Å². The number of phenolic OH excluding ortho intramolecular Hbond substituents is 1. The molecule has 4 heteroatoms. The Morgan fingerprint density at radius 1 is 1.44 bits per heavy atom. The van der Waals surface area contributed by atoms with Crippen LogP contribution in [-0.4, -0.2) is 23.6 Å². The lowest BCUT2D eigenvalue weighted by molar-refractivity contribution is 0.0950. The van der Waals surface area contributed by atoms with E-state index in [4.69, 9.17) is 10.8 Å². The highest BCUT2D eigenvalue weighted by Gasteiger charge is 2.07. The van der Waals surface area contributed by atoms with Crippen molar-refractivity contribution in [2.24, 2.45) is 5.73 Å². The maximum atomic E-state index is 11.6. The second-order valence-corrected chi connectivity index (χ2v) is 3.81. The van der Waals surface area contributed by atoms with Crippen molar-refractivity contribution in [3.63, 3.8) is 0 Å². The van der Waals surface area contributed by atoms with Gasteiger partial charge in [-0.3, -0.25) is 4.79 Å². The fourth-order valence-corrected chi connectivity index (χ4v) is 1.41. The van der Waals surface area contributed by atoms with Gasteiger partial charge >= 0.3 is 0 Å². The predicted octanol–water partition coefficient (Wildman–Crippen LogP) is 1.25. The number of nitrogens with two attached hydrogens (primary N) is 1. The number of phenols is 1. The molecule has 1 aromatic rings. The Bertz CT molecular complexity index is 335. The number of carbonyl (C=O) groups excluding carboxylic acids is 1. The molecular formula is C12H18N2O2. The Hall–Kier alpha value is -1.55. The van der Waals surface area contributed by atoms with Gasteiger partial charge in [-0.2, -0.15) is 0 Å². The molecule has 4 nitrogen and oxygen atoms in total. The van der Waals surface area contributed by atoms with Crippen LogP contribution in [-0.2, 0) is 0 Å². The van der Waals surface area contributed by atoms with Gasteiger partial charge in [-0.1, -0.05) is 13.3 Å². The van der Waals surface area contributed by atoms with Gasteiger partial charge in [0.05, 0.1) is 0 Å². The lowest BCUT2D eigenvalue weighted by atomic mass is 10.1. The first-order chi connectivity index (χ1) is 7.63. The van der Waals surface area contributed by atoms with Crippen LogP contribution in [0.3, 0.4) is 0 Å². The Balaban J connectivity index is 2.43. The first kappa shape index (κ1) is 12.5. The first-order valence-corrected chi connectivity index (χ1v) is 5.46. The van der Waals surface area contributed by atoms with E-state index in [-0.39, 0.29) is 17.7 Å². The number of amides is 1. The molecule has 16 heavy (non-hydrogen) atoms. The van der Waals surface area contributed by atoms with Crippen molar-refractivity contribution >= 4 is 5.91 Å². The maximum absolute atomic E-state index is 11.6. The number of nitrogens with one attached hydrogen (secondary N) is 1. The Kier molecular flexibility index (Phi) is 4.79. The fourth-order valence-electron chi connectivity index (χ4n) is 1.41. The highest BCUT2D eigenvalue weighted by molar-refractivity contribution is 5.94. The minimum atomic E-state index is -0.161. The van der Waals surface area contributed by atoms with Gasteiger partial charge in [-0.15, -0.1) is 0 Å². The van der Waals surface area contributed by atoms with Gasteiger partial charge in [0.25, 0.3) is 5.91 Å². The minimum absolute atomic E-state index is 0.00562. The monoisotopic (exact) mass is 222 g/mol. The summed E-state index contributed by atoms with van der Waals surface area (Å²) in [6, 6.07) is 6.14. The highest BCUT2D eigenvalue weighted by atomic mass is 16.3. The minimum Gasteiger partial charge on any atom is -0.508 e. The third-order valence-corrected chi connectivity index (χ3v) is 2.31. The molecular weight excluding hydrogens is 204 g/mol. The third kappa shape index (κ3) is 3.90. The summed E-state index contributed by atoms with van der Waals surface area (Å²) in [4.78, 5) is 11.6. The van der Waals surface area contributed by atoms with E-state index in [1.165, 1.54) is 12.1 Å². The molecule has 0 heterocycles. The second kappa shape index (κ2) is 6.12. The summed E-state index contributed by atoms with van der Waals surface area (Å²) < 4.78 is 0. The van der Waals surface area contributed by atoms with Gasteiger partial charge in [0.15, 0.2) is 0 Å². The van der Waals surface area contributed by atoms with Crippen molar-refractivity contribution in [3.8, 4) is 5.75 Å². The first-order valence-electron chi connectivity index (χ1n) is 5.46. The summed E-state index contributed by atoms with van der Waals surface area (Å²) >= 11 is 0. The van der Waals surface area contributed by atoms with Crippen molar-refractivity contribution in [2.75, 3.05) is 6.54 Å². The molecule has 0 aliphatic heterocycles. The molecule has 88 valence electrons. The standard InChI is InChI=1S/C12H18N2O2/c1-2-3-10(13)8-14-12(16)9-4-6-11(15)7-5-9/h4-7,10,15H,2-3,8,13H2,1H3,(H,14,16). The van der Waals surface area contributed by atoms with Gasteiger partial charge in [0, 0.05) is 18.2 Å². The lowest BCUT2D eigenvalue weighted by Gasteiger charge is -2.11. The Labute approximate surface area is 95.5 Å². The number of carbonyl (C=O) groups is 1. The van der Waals surface area contributed by atoms with Crippen molar-refractivity contribution in [3.05, 3.63) is 29.8 Å². The van der Waals surface area contributed by atoms with E-state index in [0.717, 1.165) is 12.8 Å². The van der Waals surface area contributed by atoms with Crippen molar-refractivity contribution < 1.29 is 9.90 Å². The molecule has 1 atom stereocenters. The van der Waals surface area contributed by atoms with Gasteiger partial charge in [0.1, 0.15) is 5.75 Å². The fraction of sp³-hybridized carbons (Fsp3) is 0.417. The summed E-state index contributed by atoms with van der Waals surface area (Å²) in [5.74, 6) is -0.00853. The molecule has 4 N–H and O–H groups in total. The van der Waals surface area contributed by atoms with Crippen LogP contribution in [0.1, 0.15) is 30.1 Å². The smallest absolute Gasteiger partial charge is 0.251 e. The van der Waals surface area contributed by atoms with Gasteiger partial charge in [0.2, 0.25) is 0 Å². The van der Waals surface area contributed by atoms with Crippen molar-refractivity contribution in [1.82, 2.24) is 5.32 Å². The van der Waals surface area contributed by atoms with Crippen LogP contribution >= 0.6 is 0 Å². The summed E-state index contributed by atoms with van der Waals surface area (Å²) in [7, 11) is 0. The van der Waals surface area contributed by atoms with Crippen molar-refractivity contribution in [1.29, 1.82) is 0 Å². The van der Waals surface area contributed by atoms with E-state index < -0.39 is 0 Å². The number of aromatic hydroxyl groups is 1. The van der Waals surface area contributed by atoms with E-state index in [1.54, 1.807) is 12.1 Å². The molecule has 0 bridgehead atoms. The molecule has 0 saturated heterocycles. The number of benzene rings is 1. The molecule has 1 unspecified atom stereocenters. The van der Waals surface area contributed by atoms with Crippen LogP contribution in [0.5, 0.6) is 5.75 Å². The van der Waals surface area contributed by atoms with Crippen LogP contribution in [0, 0.1) is 0 Å². The lowest BCUT2D eigenvalue weighted by Crippen LogP contribution is -2.37. The molecule has 0 aliphatic carbocycles. The number of hydrogen-bond acceptors (Lipinski definition) is 3. The van der Waals surface area contributed by atoms with Crippen LogP contribution in [0.25, 0.3) is 0 Å². The molecule has 0 aliphatic rings. The Morgan fingerprint density at radius 3 is 2.62 bits per heavy atom. The van der Waals surface area contributed by atoms with E-state index in [1.807, 2.05) is 0 Å². The van der Waals surface area contributed by atoms with Gasteiger partial charge < -0.3 is 16.2 Å². The third-order valence-electron chi connectivity index (χ3n) is 2.31. The Morgan fingerprint density at radius 2 is 2.06 bits per heavy atom. The van der Waals surface area contributed by atoms with Crippen LogP contribution in [0.15, 0.2) is 24.3 Å². The molecule has 1 rings (SSSR count). The SMILES string of the molecule is CCCC(N)CNC(=O)c1ccc(O)cc1.